The molecule has 5 nitrogen and oxygen atoms in total. The number of hydrogen-bond donors (Lipinski definition) is 2. The number of benzene rings is 2. The molecule has 34 heavy (non-hydrogen) atoms. The molecule has 1 aliphatic heterocycles. The average molecular weight is 479 g/mol. The molecule has 1 heterocycles. The standard InChI is InChI=1S/C26H29F3O5/c1-17(26(27,28)29)34-16-24(32)9-10-25(12-18-5-3-2-4-6-18)21(13-24)15-33-14-20-11-19(23(30)31)7-8-22(20)25/h2-8,11,17,21,32H,9-10,12-16H2,1H3,(H,30,31)/t17?,21-,24-,25+/m0/s1. The van der Waals surface area contributed by atoms with E-state index in [2.05, 4.69) is 0 Å². The predicted octanol–water partition coefficient (Wildman–Crippen LogP) is 4.89. The first-order valence-electron chi connectivity index (χ1n) is 11.4. The minimum atomic E-state index is -4.49. The van der Waals surface area contributed by atoms with Crippen molar-refractivity contribution in [1.29, 1.82) is 0 Å². The highest BCUT2D eigenvalue weighted by Gasteiger charge is 2.52. The molecule has 1 aliphatic carbocycles. The lowest BCUT2D eigenvalue weighted by molar-refractivity contribution is -0.230. The van der Waals surface area contributed by atoms with E-state index in [4.69, 9.17) is 9.47 Å². The minimum Gasteiger partial charge on any atom is -0.478 e. The number of hydrogen-bond acceptors (Lipinski definition) is 4. The lowest BCUT2D eigenvalue weighted by Crippen LogP contribution is -2.52. The Kier molecular flexibility index (Phi) is 6.77. The summed E-state index contributed by atoms with van der Waals surface area (Å²) in [6.45, 7) is 1.08. The summed E-state index contributed by atoms with van der Waals surface area (Å²) in [5.41, 5.74) is 1.19. The first kappa shape index (κ1) is 24.7. The third-order valence-corrected chi connectivity index (χ3v) is 7.33. The second-order valence-corrected chi connectivity index (χ2v) is 9.63. The van der Waals surface area contributed by atoms with Crippen LogP contribution in [0.25, 0.3) is 0 Å². The summed E-state index contributed by atoms with van der Waals surface area (Å²) in [6, 6.07) is 15.0. The van der Waals surface area contributed by atoms with Gasteiger partial charge in [0, 0.05) is 5.41 Å². The summed E-state index contributed by atoms with van der Waals surface area (Å²) in [6.07, 6.45) is -4.81. The van der Waals surface area contributed by atoms with Gasteiger partial charge in [-0.3, -0.25) is 0 Å². The van der Waals surface area contributed by atoms with E-state index < -0.39 is 35.9 Å². The van der Waals surface area contributed by atoms with Crippen LogP contribution in [0.3, 0.4) is 0 Å². The summed E-state index contributed by atoms with van der Waals surface area (Å²) in [5.74, 6) is -1.21. The zero-order chi connectivity index (χ0) is 24.6. The van der Waals surface area contributed by atoms with Crippen molar-refractivity contribution in [3.8, 4) is 0 Å². The van der Waals surface area contributed by atoms with Crippen molar-refractivity contribution in [3.63, 3.8) is 0 Å². The second kappa shape index (κ2) is 9.32. The molecule has 1 saturated carbocycles. The summed E-state index contributed by atoms with van der Waals surface area (Å²) >= 11 is 0. The molecule has 4 atom stereocenters. The Morgan fingerprint density at radius 3 is 2.62 bits per heavy atom. The zero-order valence-electron chi connectivity index (χ0n) is 19.0. The number of carbonyl (C=O) groups is 1. The Morgan fingerprint density at radius 2 is 1.94 bits per heavy atom. The van der Waals surface area contributed by atoms with Gasteiger partial charge in [-0.1, -0.05) is 36.4 Å². The molecular formula is C26H29F3O5. The van der Waals surface area contributed by atoms with E-state index in [1.807, 2.05) is 36.4 Å². The third-order valence-electron chi connectivity index (χ3n) is 7.33. The number of carboxylic acid groups (broad SMARTS) is 1. The van der Waals surface area contributed by atoms with Gasteiger partial charge in [-0.2, -0.15) is 13.2 Å². The number of alkyl halides is 3. The van der Waals surface area contributed by atoms with Crippen molar-refractivity contribution in [2.24, 2.45) is 5.92 Å². The van der Waals surface area contributed by atoms with Crippen molar-refractivity contribution in [1.82, 2.24) is 0 Å². The van der Waals surface area contributed by atoms with Crippen molar-refractivity contribution in [2.45, 2.75) is 62.5 Å². The highest BCUT2D eigenvalue weighted by atomic mass is 19.4. The van der Waals surface area contributed by atoms with Crippen LogP contribution in [0.4, 0.5) is 13.2 Å². The van der Waals surface area contributed by atoms with E-state index in [0.717, 1.165) is 23.6 Å². The van der Waals surface area contributed by atoms with Crippen LogP contribution in [0, 0.1) is 5.92 Å². The third kappa shape index (κ3) is 4.99. The van der Waals surface area contributed by atoms with Gasteiger partial charge in [0.25, 0.3) is 0 Å². The van der Waals surface area contributed by atoms with Gasteiger partial charge in [0.2, 0.25) is 0 Å². The highest BCUT2D eigenvalue weighted by Crippen LogP contribution is 2.52. The van der Waals surface area contributed by atoms with Gasteiger partial charge < -0.3 is 19.7 Å². The zero-order valence-corrected chi connectivity index (χ0v) is 19.0. The summed E-state index contributed by atoms with van der Waals surface area (Å²) in [7, 11) is 0. The lowest BCUT2D eigenvalue weighted by Gasteiger charge is -2.50. The Bertz CT molecular complexity index is 1020. The van der Waals surface area contributed by atoms with Crippen LogP contribution in [-0.2, 0) is 27.9 Å². The molecule has 2 aliphatic rings. The molecule has 4 rings (SSSR count). The molecular weight excluding hydrogens is 449 g/mol. The van der Waals surface area contributed by atoms with Crippen LogP contribution in [0.5, 0.6) is 0 Å². The van der Waals surface area contributed by atoms with Crippen LogP contribution in [0.15, 0.2) is 48.5 Å². The fraction of sp³-hybridized carbons (Fsp3) is 0.500. The molecule has 8 heteroatoms. The van der Waals surface area contributed by atoms with Crippen molar-refractivity contribution in [2.75, 3.05) is 13.2 Å². The van der Waals surface area contributed by atoms with Gasteiger partial charge in [0.1, 0.15) is 0 Å². The molecule has 1 fully saturated rings. The Balaban J connectivity index is 1.68. The number of rotatable bonds is 6. The van der Waals surface area contributed by atoms with E-state index in [0.29, 0.717) is 19.4 Å². The summed E-state index contributed by atoms with van der Waals surface area (Å²) in [5, 5.41) is 20.7. The van der Waals surface area contributed by atoms with Gasteiger partial charge in [0.05, 0.1) is 31.0 Å². The molecule has 2 aromatic rings. The van der Waals surface area contributed by atoms with Crippen molar-refractivity contribution < 1.29 is 37.7 Å². The molecule has 0 aromatic heterocycles. The summed E-state index contributed by atoms with van der Waals surface area (Å²) < 4.78 is 49.8. The van der Waals surface area contributed by atoms with E-state index in [-0.39, 0.29) is 30.9 Å². The highest BCUT2D eigenvalue weighted by molar-refractivity contribution is 5.88. The first-order valence-corrected chi connectivity index (χ1v) is 11.4. The fourth-order valence-electron chi connectivity index (χ4n) is 5.43. The van der Waals surface area contributed by atoms with E-state index in [1.165, 1.54) is 0 Å². The molecule has 0 saturated heterocycles. The number of aromatic carboxylic acids is 1. The first-order chi connectivity index (χ1) is 16.0. The van der Waals surface area contributed by atoms with Crippen LogP contribution in [0.2, 0.25) is 0 Å². The van der Waals surface area contributed by atoms with Gasteiger partial charge in [-0.15, -0.1) is 0 Å². The summed E-state index contributed by atoms with van der Waals surface area (Å²) in [4.78, 5) is 11.5. The van der Waals surface area contributed by atoms with E-state index in [9.17, 15) is 28.2 Å². The Morgan fingerprint density at radius 1 is 1.21 bits per heavy atom. The van der Waals surface area contributed by atoms with Crippen LogP contribution < -0.4 is 0 Å². The smallest absolute Gasteiger partial charge is 0.414 e. The fourth-order valence-corrected chi connectivity index (χ4v) is 5.43. The predicted molar refractivity (Wildman–Crippen MR) is 119 cm³/mol. The monoisotopic (exact) mass is 478 g/mol. The molecule has 184 valence electrons. The number of ether oxygens (including phenoxy) is 2. The molecule has 1 unspecified atom stereocenters. The Labute approximate surface area is 196 Å². The van der Waals surface area contributed by atoms with Crippen molar-refractivity contribution in [3.05, 3.63) is 70.8 Å². The van der Waals surface area contributed by atoms with Crippen LogP contribution >= 0.6 is 0 Å². The number of fused-ring (bicyclic) bond motifs is 3. The largest absolute Gasteiger partial charge is 0.478 e. The topological polar surface area (TPSA) is 76.0 Å². The maximum atomic E-state index is 12.9. The normalized spacial score (nSPS) is 27.9. The molecule has 0 bridgehead atoms. The maximum Gasteiger partial charge on any atom is 0.414 e. The lowest BCUT2D eigenvalue weighted by atomic mass is 9.56. The van der Waals surface area contributed by atoms with Gasteiger partial charge in [-0.05, 0) is 67.3 Å². The second-order valence-electron chi connectivity index (χ2n) is 9.63. The van der Waals surface area contributed by atoms with Gasteiger partial charge >= 0.3 is 12.1 Å². The molecule has 0 spiro atoms. The van der Waals surface area contributed by atoms with E-state index >= 15 is 0 Å². The van der Waals surface area contributed by atoms with E-state index in [1.54, 1.807) is 12.1 Å². The molecule has 0 radical (unpaired) electrons. The molecule has 2 aromatic carbocycles. The SMILES string of the molecule is CC(OC[C@]1(O)CC[C@]2(Cc3ccccc3)c3ccc(C(=O)O)cc3COC[C@@H]2C1)C(F)(F)F. The number of aliphatic hydroxyl groups is 1. The van der Waals surface area contributed by atoms with Gasteiger partial charge in [-0.25, -0.2) is 4.79 Å². The average Bonchev–Trinajstić information content (AvgIpc) is 2.94. The molecule has 0 amide bonds. The van der Waals surface area contributed by atoms with Crippen LogP contribution in [-0.4, -0.2) is 47.3 Å². The quantitative estimate of drug-likeness (QED) is 0.618. The number of carboxylic acids is 1. The van der Waals surface area contributed by atoms with Gasteiger partial charge in [0.15, 0.2) is 6.10 Å². The van der Waals surface area contributed by atoms with Crippen molar-refractivity contribution >= 4 is 5.97 Å². The maximum absolute atomic E-state index is 12.9. The molecule has 2 N–H and O–H groups in total. The Hall–Kier alpha value is -2.42. The minimum absolute atomic E-state index is 0.178. The van der Waals surface area contributed by atoms with Crippen LogP contribution in [0.1, 0.15) is 53.2 Å². The number of halogens is 3.